The second-order valence-corrected chi connectivity index (χ2v) is 7.98. The van der Waals surface area contributed by atoms with Gasteiger partial charge in [-0.3, -0.25) is 14.3 Å². The first-order valence-electron chi connectivity index (χ1n) is 10.7. The first kappa shape index (κ1) is 20.6. The predicted molar refractivity (Wildman–Crippen MR) is 108 cm³/mol. The Kier molecular flexibility index (Phi) is 6.47. The highest BCUT2D eigenvalue weighted by atomic mass is 16.5. The summed E-state index contributed by atoms with van der Waals surface area (Å²) in [5, 5.41) is 11.3. The monoisotopic (exact) mass is 415 g/mol. The average Bonchev–Trinajstić information content (AvgIpc) is 3.39. The molecule has 2 aromatic heterocycles. The van der Waals surface area contributed by atoms with Crippen LogP contribution in [0.5, 0.6) is 0 Å². The summed E-state index contributed by atoms with van der Waals surface area (Å²) in [5.74, 6) is 0.227. The highest BCUT2D eigenvalue weighted by molar-refractivity contribution is 5.94. The Morgan fingerprint density at radius 1 is 1.27 bits per heavy atom. The van der Waals surface area contributed by atoms with Crippen LogP contribution >= 0.6 is 0 Å². The van der Waals surface area contributed by atoms with E-state index in [0.29, 0.717) is 50.7 Å². The molecule has 4 rings (SSSR count). The molecule has 0 unspecified atom stereocenters. The molecule has 1 N–H and O–H groups in total. The number of nitrogens with zero attached hydrogens (tertiary/aromatic N) is 4. The average molecular weight is 415 g/mol. The molecule has 1 aliphatic carbocycles. The molecule has 3 heterocycles. The Bertz CT molecular complexity index is 863. The number of carbonyl (C=O) groups excluding carboxylic acids is 2. The third-order valence-corrected chi connectivity index (χ3v) is 6.03. The molecule has 2 amide bonds. The van der Waals surface area contributed by atoms with Crippen molar-refractivity contribution < 1.29 is 18.8 Å². The molecule has 2 atom stereocenters. The summed E-state index contributed by atoms with van der Waals surface area (Å²) in [6.45, 7) is 4.30. The highest BCUT2D eigenvalue weighted by Gasteiger charge is 2.38. The number of aryl methyl sites for hydroxylation is 1. The van der Waals surface area contributed by atoms with E-state index in [-0.39, 0.29) is 23.8 Å². The van der Waals surface area contributed by atoms with Gasteiger partial charge in [-0.15, -0.1) is 0 Å². The van der Waals surface area contributed by atoms with Crippen LogP contribution in [0.15, 0.2) is 23.0 Å². The lowest BCUT2D eigenvalue weighted by Gasteiger charge is -2.39. The Morgan fingerprint density at radius 2 is 2.13 bits per heavy atom. The predicted octanol–water partition coefficient (Wildman–Crippen LogP) is 1.77. The van der Waals surface area contributed by atoms with Gasteiger partial charge in [0.1, 0.15) is 5.76 Å². The van der Waals surface area contributed by atoms with Crippen LogP contribution in [0.4, 0.5) is 0 Å². The topological polar surface area (TPSA) is 102 Å². The summed E-state index contributed by atoms with van der Waals surface area (Å²) in [7, 11) is 0. The van der Waals surface area contributed by atoms with Crippen molar-refractivity contribution in [1.82, 2.24) is 25.2 Å². The van der Waals surface area contributed by atoms with Crippen LogP contribution in [0, 0.1) is 12.8 Å². The first-order valence-corrected chi connectivity index (χ1v) is 10.7. The third-order valence-electron chi connectivity index (χ3n) is 6.03. The lowest BCUT2D eigenvalue weighted by molar-refractivity contribution is -0.128. The summed E-state index contributed by atoms with van der Waals surface area (Å²) < 4.78 is 12.7. The number of rotatable bonds is 3. The maximum absolute atomic E-state index is 13.7. The van der Waals surface area contributed by atoms with Crippen molar-refractivity contribution in [1.29, 1.82) is 0 Å². The van der Waals surface area contributed by atoms with E-state index in [0.717, 1.165) is 31.2 Å². The van der Waals surface area contributed by atoms with Gasteiger partial charge >= 0.3 is 0 Å². The standard InChI is InChI=1S/C21H29N5O4/c1-15-17(14-25-10-4-8-23-25)19(24-30-15)21(28)26-11-5-12-29-13-9-22-20(27)16-6-2-3-7-18(16)26/h4,8,10,16,18H,2-3,5-7,9,11-14H2,1H3,(H,22,27)/t16-,18+/m1/s1. The molecule has 0 radical (unpaired) electrons. The van der Waals surface area contributed by atoms with Gasteiger partial charge in [0.25, 0.3) is 5.91 Å². The third kappa shape index (κ3) is 4.40. The minimum Gasteiger partial charge on any atom is -0.380 e. The van der Waals surface area contributed by atoms with Gasteiger partial charge in [-0.05, 0) is 32.3 Å². The molecule has 2 aliphatic rings. The zero-order valence-electron chi connectivity index (χ0n) is 17.4. The number of hydrogen-bond donors (Lipinski definition) is 1. The van der Waals surface area contributed by atoms with E-state index in [1.165, 1.54) is 0 Å². The highest BCUT2D eigenvalue weighted by Crippen LogP contribution is 2.31. The second-order valence-electron chi connectivity index (χ2n) is 7.98. The molecule has 1 aliphatic heterocycles. The smallest absolute Gasteiger partial charge is 0.276 e. The summed E-state index contributed by atoms with van der Waals surface area (Å²) in [5.41, 5.74) is 1.04. The number of fused-ring (bicyclic) bond motifs is 1. The fourth-order valence-electron chi connectivity index (χ4n) is 4.46. The zero-order valence-corrected chi connectivity index (χ0v) is 17.4. The Morgan fingerprint density at radius 3 is 2.97 bits per heavy atom. The van der Waals surface area contributed by atoms with Gasteiger partial charge in [0, 0.05) is 43.7 Å². The number of ether oxygens (including phenoxy) is 1. The maximum atomic E-state index is 13.7. The molecule has 162 valence electrons. The number of carbonyl (C=O) groups is 2. The number of hydrogen-bond acceptors (Lipinski definition) is 6. The Labute approximate surface area is 175 Å². The van der Waals surface area contributed by atoms with E-state index in [9.17, 15) is 9.59 Å². The van der Waals surface area contributed by atoms with Gasteiger partial charge in [0.05, 0.1) is 19.1 Å². The molecule has 0 bridgehead atoms. The van der Waals surface area contributed by atoms with Gasteiger partial charge in [0.2, 0.25) is 5.91 Å². The summed E-state index contributed by atoms with van der Waals surface area (Å²) in [4.78, 5) is 28.3. The fourth-order valence-corrected chi connectivity index (χ4v) is 4.46. The molecule has 30 heavy (non-hydrogen) atoms. The van der Waals surface area contributed by atoms with Crippen LogP contribution in [0.25, 0.3) is 0 Å². The molecule has 1 saturated carbocycles. The van der Waals surface area contributed by atoms with Crippen molar-refractivity contribution in [2.45, 2.75) is 51.6 Å². The van der Waals surface area contributed by atoms with E-state index in [4.69, 9.17) is 9.26 Å². The van der Waals surface area contributed by atoms with Crippen LogP contribution in [0.3, 0.4) is 0 Å². The van der Waals surface area contributed by atoms with E-state index < -0.39 is 0 Å². The van der Waals surface area contributed by atoms with Crippen LogP contribution in [0.2, 0.25) is 0 Å². The van der Waals surface area contributed by atoms with Crippen LogP contribution < -0.4 is 5.32 Å². The second kappa shape index (κ2) is 9.42. The summed E-state index contributed by atoms with van der Waals surface area (Å²) in [6.07, 6.45) is 7.87. The van der Waals surface area contributed by atoms with E-state index in [1.54, 1.807) is 17.8 Å². The molecular formula is C21H29N5O4. The molecule has 9 heteroatoms. The first-order chi connectivity index (χ1) is 14.6. The van der Waals surface area contributed by atoms with Crippen molar-refractivity contribution in [3.8, 4) is 0 Å². The fraction of sp³-hybridized carbons (Fsp3) is 0.619. The molecule has 2 fully saturated rings. The van der Waals surface area contributed by atoms with E-state index in [2.05, 4.69) is 15.6 Å². The zero-order chi connectivity index (χ0) is 20.9. The number of aromatic nitrogens is 3. The van der Waals surface area contributed by atoms with Crippen LogP contribution in [-0.4, -0.2) is 64.0 Å². The Hall–Kier alpha value is -2.68. The van der Waals surface area contributed by atoms with Gasteiger partial charge in [-0.1, -0.05) is 18.0 Å². The minimum absolute atomic E-state index is 0.0103. The van der Waals surface area contributed by atoms with Crippen molar-refractivity contribution in [3.05, 3.63) is 35.5 Å². The SMILES string of the molecule is Cc1onc(C(=O)N2CCCOCCNC(=O)[C@@H]3CCCC[C@@H]32)c1Cn1cccn1. The van der Waals surface area contributed by atoms with Gasteiger partial charge in [0.15, 0.2) is 5.69 Å². The van der Waals surface area contributed by atoms with Gasteiger partial charge in [-0.2, -0.15) is 5.10 Å². The van der Waals surface area contributed by atoms with E-state index >= 15 is 0 Å². The summed E-state index contributed by atoms with van der Waals surface area (Å²) >= 11 is 0. The number of nitrogens with one attached hydrogen (secondary N) is 1. The molecule has 1 saturated heterocycles. The van der Waals surface area contributed by atoms with Crippen molar-refractivity contribution >= 4 is 11.8 Å². The van der Waals surface area contributed by atoms with Gasteiger partial charge < -0.3 is 19.5 Å². The lowest BCUT2D eigenvalue weighted by Crippen LogP contribution is -2.51. The van der Waals surface area contributed by atoms with Crippen LogP contribution in [-0.2, 0) is 16.1 Å². The number of amides is 2. The minimum atomic E-state index is -0.205. The van der Waals surface area contributed by atoms with Crippen LogP contribution in [0.1, 0.15) is 53.9 Å². The molecule has 0 spiro atoms. The summed E-state index contributed by atoms with van der Waals surface area (Å²) in [6, 6.07) is 1.70. The molecule has 9 nitrogen and oxygen atoms in total. The molecular weight excluding hydrogens is 386 g/mol. The molecule has 2 aromatic rings. The van der Waals surface area contributed by atoms with Crippen molar-refractivity contribution in [2.24, 2.45) is 5.92 Å². The molecule has 0 aromatic carbocycles. The largest absolute Gasteiger partial charge is 0.380 e. The Balaban J connectivity index is 1.63. The van der Waals surface area contributed by atoms with Crippen molar-refractivity contribution in [2.75, 3.05) is 26.3 Å². The van der Waals surface area contributed by atoms with E-state index in [1.807, 2.05) is 17.2 Å². The lowest BCUT2D eigenvalue weighted by atomic mass is 9.82. The maximum Gasteiger partial charge on any atom is 0.276 e. The van der Waals surface area contributed by atoms with Crippen molar-refractivity contribution in [3.63, 3.8) is 0 Å². The quantitative estimate of drug-likeness (QED) is 0.820. The normalized spacial score (nSPS) is 23.4. The van der Waals surface area contributed by atoms with Gasteiger partial charge in [-0.25, -0.2) is 0 Å².